The zero-order valence-electron chi connectivity index (χ0n) is 6.08. The summed E-state index contributed by atoms with van der Waals surface area (Å²) in [4.78, 5) is 13.3. The molecule has 5 nitrogen and oxygen atoms in total. The SMILES string of the molecule is N=CN1CCN(C=O)CC1=N. The van der Waals surface area contributed by atoms with Gasteiger partial charge in [0, 0.05) is 13.1 Å². The lowest BCUT2D eigenvalue weighted by molar-refractivity contribution is -0.118. The smallest absolute Gasteiger partial charge is 0.210 e. The van der Waals surface area contributed by atoms with Crippen LogP contribution in [0.15, 0.2) is 0 Å². The number of nitrogens with zero attached hydrogens (tertiary/aromatic N) is 2. The molecule has 0 aromatic carbocycles. The summed E-state index contributed by atoms with van der Waals surface area (Å²) in [5.41, 5.74) is 0. The number of piperazine rings is 1. The number of hydrogen-bond acceptors (Lipinski definition) is 3. The average Bonchev–Trinajstić information content (AvgIpc) is 2.04. The fourth-order valence-electron chi connectivity index (χ4n) is 0.966. The van der Waals surface area contributed by atoms with Crippen molar-refractivity contribution in [3.63, 3.8) is 0 Å². The Morgan fingerprint density at radius 2 is 2.18 bits per heavy atom. The van der Waals surface area contributed by atoms with Crippen LogP contribution in [0.5, 0.6) is 0 Å². The summed E-state index contributed by atoms with van der Waals surface area (Å²) in [5, 5.41) is 14.3. The van der Waals surface area contributed by atoms with Gasteiger partial charge in [-0.05, 0) is 0 Å². The minimum atomic E-state index is 0.304. The van der Waals surface area contributed by atoms with Crippen molar-refractivity contribution in [2.45, 2.75) is 0 Å². The molecule has 11 heavy (non-hydrogen) atoms. The van der Waals surface area contributed by atoms with E-state index in [0.717, 1.165) is 12.7 Å². The first-order valence-corrected chi connectivity index (χ1v) is 3.32. The molecule has 1 saturated heterocycles. The molecule has 0 aliphatic carbocycles. The van der Waals surface area contributed by atoms with Gasteiger partial charge in [-0.25, -0.2) is 0 Å². The topological polar surface area (TPSA) is 71.2 Å². The lowest BCUT2D eigenvalue weighted by atomic mass is 10.3. The molecule has 1 aliphatic heterocycles. The van der Waals surface area contributed by atoms with Crippen LogP contribution >= 0.6 is 0 Å². The third-order valence-corrected chi connectivity index (χ3v) is 1.63. The van der Waals surface area contributed by atoms with Gasteiger partial charge in [0.2, 0.25) is 6.41 Å². The summed E-state index contributed by atoms with van der Waals surface area (Å²) >= 11 is 0. The Bertz CT molecular complexity index is 191. The zero-order chi connectivity index (χ0) is 8.27. The maximum absolute atomic E-state index is 10.3. The molecule has 0 aromatic heterocycles. The zero-order valence-corrected chi connectivity index (χ0v) is 6.08. The molecule has 0 saturated carbocycles. The normalized spacial score (nSPS) is 18.4. The number of rotatable bonds is 2. The molecule has 2 N–H and O–H groups in total. The largest absolute Gasteiger partial charge is 0.336 e. The van der Waals surface area contributed by atoms with Crippen molar-refractivity contribution in [2.24, 2.45) is 0 Å². The van der Waals surface area contributed by atoms with Gasteiger partial charge < -0.3 is 9.80 Å². The van der Waals surface area contributed by atoms with Crippen molar-refractivity contribution in [3.8, 4) is 0 Å². The second kappa shape index (κ2) is 3.14. The van der Waals surface area contributed by atoms with E-state index in [1.54, 1.807) is 0 Å². The second-order valence-corrected chi connectivity index (χ2v) is 2.35. The first-order chi connectivity index (χ1) is 5.27. The first kappa shape index (κ1) is 7.71. The van der Waals surface area contributed by atoms with Crippen molar-refractivity contribution in [2.75, 3.05) is 19.6 Å². The van der Waals surface area contributed by atoms with Crippen LogP contribution in [0.3, 0.4) is 0 Å². The molecule has 0 aromatic rings. The molecule has 0 bridgehead atoms. The molecule has 1 aliphatic rings. The first-order valence-electron chi connectivity index (χ1n) is 3.32. The van der Waals surface area contributed by atoms with Crippen molar-refractivity contribution >= 4 is 18.6 Å². The average molecular weight is 154 g/mol. The Kier molecular flexibility index (Phi) is 2.20. The van der Waals surface area contributed by atoms with Crippen molar-refractivity contribution in [1.82, 2.24) is 9.80 Å². The summed E-state index contributed by atoms with van der Waals surface area (Å²) < 4.78 is 0. The van der Waals surface area contributed by atoms with Crippen LogP contribution in [-0.2, 0) is 4.79 Å². The van der Waals surface area contributed by atoms with Gasteiger partial charge in [0.05, 0.1) is 12.9 Å². The summed E-state index contributed by atoms with van der Waals surface area (Å²) in [7, 11) is 0. The van der Waals surface area contributed by atoms with Crippen LogP contribution < -0.4 is 0 Å². The van der Waals surface area contributed by atoms with E-state index in [1.807, 2.05) is 0 Å². The summed E-state index contributed by atoms with van der Waals surface area (Å²) in [6, 6.07) is 0. The van der Waals surface area contributed by atoms with Crippen LogP contribution in [-0.4, -0.2) is 48.0 Å². The van der Waals surface area contributed by atoms with Gasteiger partial charge in [0.15, 0.2) is 0 Å². The molecule has 1 fully saturated rings. The quantitative estimate of drug-likeness (QED) is 0.315. The maximum atomic E-state index is 10.3. The summed E-state index contributed by atoms with van der Waals surface area (Å²) in [5.74, 6) is 0.304. The molecule has 5 heteroatoms. The number of amides is 1. The molecular formula is C6H10N4O. The number of hydrogen-bond donors (Lipinski definition) is 2. The Morgan fingerprint density at radius 3 is 2.64 bits per heavy atom. The minimum Gasteiger partial charge on any atom is -0.336 e. The molecule has 0 radical (unpaired) electrons. The predicted octanol–water partition coefficient (Wildman–Crippen LogP) is -0.655. The van der Waals surface area contributed by atoms with Crippen molar-refractivity contribution in [1.29, 1.82) is 10.8 Å². The second-order valence-electron chi connectivity index (χ2n) is 2.35. The van der Waals surface area contributed by atoms with E-state index < -0.39 is 0 Å². The number of carbonyl (C=O) groups excluding carboxylic acids is 1. The van der Waals surface area contributed by atoms with Crippen LogP contribution in [0.4, 0.5) is 0 Å². The van der Waals surface area contributed by atoms with Crippen molar-refractivity contribution < 1.29 is 4.79 Å². The predicted molar refractivity (Wildman–Crippen MR) is 40.9 cm³/mol. The third kappa shape index (κ3) is 1.54. The number of carbonyl (C=O) groups is 1. The standard InChI is InChI=1S/C6H10N4O/c7-4-10-2-1-9(5-11)3-6(10)8/h4-5,7-8H,1-3H2. The Hall–Kier alpha value is -1.39. The highest BCUT2D eigenvalue weighted by atomic mass is 16.1. The molecule has 1 rings (SSSR count). The number of nitrogens with one attached hydrogen (secondary N) is 2. The van der Waals surface area contributed by atoms with Gasteiger partial charge in [-0.3, -0.25) is 15.6 Å². The van der Waals surface area contributed by atoms with Crippen LogP contribution in [0.25, 0.3) is 0 Å². The minimum absolute atomic E-state index is 0.304. The van der Waals surface area contributed by atoms with Crippen LogP contribution in [0, 0.1) is 10.8 Å². The van der Waals surface area contributed by atoms with E-state index in [4.69, 9.17) is 10.8 Å². The van der Waals surface area contributed by atoms with Gasteiger partial charge in [-0.2, -0.15) is 0 Å². The van der Waals surface area contributed by atoms with E-state index in [9.17, 15) is 4.79 Å². The van der Waals surface area contributed by atoms with E-state index in [-0.39, 0.29) is 0 Å². The third-order valence-electron chi connectivity index (χ3n) is 1.63. The lowest BCUT2D eigenvalue weighted by Gasteiger charge is -2.30. The van der Waals surface area contributed by atoms with Gasteiger partial charge in [-0.1, -0.05) is 0 Å². The van der Waals surface area contributed by atoms with Crippen LogP contribution in [0.1, 0.15) is 0 Å². The highest BCUT2D eigenvalue weighted by molar-refractivity contribution is 5.92. The summed E-state index contributed by atoms with van der Waals surface area (Å²) in [6.07, 6.45) is 1.85. The molecule has 1 amide bonds. The van der Waals surface area contributed by atoms with E-state index in [2.05, 4.69) is 0 Å². The van der Waals surface area contributed by atoms with Crippen molar-refractivity contribution in [3.05, 3.63) is 0 Å². The maximum Gasteiger partial charge on any atom is 0.210 e. The fourth-order valence-corrected chi connectivity index (χ4v) is 0.966. The van der Waals surface area contributed by atoms with Crippen LogP contribution in [0.2, 0.25) is 0 Å². The van der Waals surface area contributed by atoms with E-state index in [1.165, 1.54) is 9.80 Å². The van der Waals surface area contributed by atoms with Gasteiger partial charge in [-0.15, -0.1) is 0 Å². The number of amidine groups is 1. The van der Waals surface area contributed by atoms with Gasteiger partial charge in [0.1, 0.15) is 5.84 Å². The molecule has 0 unspecified atom stereocenters. The van der Waals surface area contributed by atoms with E-state index in [0.29, 0.717) is 25.5 Å². The molecular weight excluding hydrogens is 144 g/mol. The molecule has 0 atom stereocenters. The summed E-state index contributed by atoms with van der Waals surface area (Å²) in [6.45, 7) is 1.47. The van der Waals surface area contributed by atoms with E-state index >= 15 is 0 Å². The molecule has 60 valence electrons. The Labute approximate surface area is 64.6 Å². The van der Waals surface area contributed by atoms with Gasteiger partial charge in [0.25, 0.3) is 0 Å². The Balaban J connectivity index is 2.53. The Morgan fingerprint density at radius 1 is 1.45 bits per heavy atom. The lowest BCUT2D eigenvalue weighted by Crippen LogP contribution is -2.48. The highest BCUT2D eigenvalue weighted by Gasteiger charge is 2.17. The molecule has 0 spiro atoms. The highest BCUT2D eigenvalue weighted by Crippen LogP contribution is 1.97. The fraction of sp³-hybridized carbons (Fsp3) is 0.500. The molecule has 1 heterocycles. The monoisotopic (exact) mass is 154 g/mol. The van der Waals surface area contributed by atoms with Gasteiger partial charge >= 0.3 is 0 Å².